The smallest absolute Gasteiger partial charge is 0.313 e. The molecule has 0 aromatic carbocycles. The molecule has 0 saturated carbocycles. The molecule has 0 unspecified atom stereocenters. The van der Waals surface area contributed by atoms with Crippen LogP contribution in [-0.4, -0.2) is 27.5 Å². The van der Waals surface area contributed by atoms with Crippen LogP contribution < -0.4 is 0 Å². The van der Waals surface area contributed by atoms with Crippen molar-refractivity contribution in [1.29, 1.82) is 0 Å². The average molecular weight is 329 g/mol. The predicted octanol–water partition coefficient (Wildman–Crippen LogP) is 4.33. The highest BCUT2D eigenvalue weighted by atomic mass is 28.4. The van der Waals surface area contributed by atoms with Gasteiger partial charge in [-0.25, -0.2) is 0 Å². The fraction of sp³-hybridized carbons (Fsp3) is 0.824. The van der Waals surface area contributed by atoms with Crippen LogP contribution in [-0.2, 0) is 18.7 Å². The fourth-order valence-corrected chi connectivity index (χ4v) is 3.35. The van der Waals surface area contributed by atoms with Gasteiger partial charge in [0.2, 0.25) is 8.32 Å². The Kier molecular flexibility index (Phi) is 5.76. The van der Waals surface area contributed by atoms with Crippen LogP contribution in [0.5, 0.6) is 0 Å². The molecule has 5 heteroatoms. The molecule has 0 N–H and O–H groups in total. The van der Waals surface area contributed by atoms with Crippen LogP contribution in [0.4, 0.5) is 0 Å². The van der Waals surface area contributed by atoms with Crippen LogP contribution in [0.3, 0.4) is 0 Å². The van der Waals surface area contributed by atoms with E-state index >= 15 is 0 Å². The van der Waals surface area contributed by atoms with Crippen LogP contribution in [0.15, 0.2) is 11.5 Å². The third-order valence-electron chi connectivity index (χ3n) is 3.77. The highest BCUT2D eigenvalue weighted by Gasteiger charge is 2.46. The monoisotopic (exact) mass is 328 g/mol. The van der Waals surface area contributed by atoms with Crippen LogP contribution in [0.2, 0.25) is 19.6 Å². The summed E-state index contributed by atoms with van der Waals surface area (Å²) in [5.74, 6) is 0.718. The SMILES string of the molecule is CO/C(O[Si](C)(C)C)=C(/C[C@@H]1C(=O)O[C@H]1C(C)C)C(C)(C)C. The van der Waals surface area contributed by atoms with E-state index in [1.807, 2.05) is 0 Å². The summed E-state index contributed by atoms with van der Waals surface area (Å²) in [5.41, 5.74) is 0.937. The maximum absolute atomic E-state index is 11.9. The second kappa shape index (κ2) is 6.65. The summed E-state index contributed by atoms with van der Waals surface area (Å²) in [4.78, 5) is 11.9. The number of hydrogen-bond acceptors (Lipinski definition) is 4. The standard InChI is InChI=1S/C17H32O4Si/c1-11(2)14-12(15(18)20-14)10-13(17(3,4)5)16(19-6)21-22(7,8)9/h11-12,14H,10H2,1-9H3/b16-13+/t12-,14-/m0/s1. The highest BCUT2D eigenvalue weighted by Crippen LogP contribution is 2.40. The molecule has 1 rings (SSSR count). The van der Waals surface area contributed by atoms with Crippen molar-refractivity contribution in [3.8, 4) is 0 Å². The average Bonchev–Trinajstić information content (AvgIpc) is 2.31. The molecule has 1 saturated heterocycles. The van der Waals surface area contributed by atoms with Gasteiger partial charge in [0.25, 0.3) is 5.95 Å². The molecular formula is C17H32O4Si. The maximum Gasteiger partial charge on any atom is 0.313 e. The lowest BCUT2D eigenvalue weighted by molar-refractivity contribution is -0.190. The van der Waals surface area contributed by atoms with Gasteiger partial charge in [-0.15, -0.1) is 0 Å². The molecule has 0 aromatic heterocycles. The summed E-state index contributed by atoms with van der Waals surface area (Å²) in [5, 5.41) is 0. The summed E-state index contributed by atoms with van der Waals surface area (Å²) in [6.07, 6.45) is 0.633. The molecule has 0 aliphatic carbocycles. The molecule has 0 amide bonds. The second-order valence-corrected chi connectivity index (χ2v) is 12.8. The molecule has 1 heterocycles. The van der Waals surface area contributed by atoms with E-state index in [1.165, 1.54) is 0 Å². The molecule has 0 spiro atoms. The van der Waals surface area contributed by atoms with E-state index < -0.39 is 8.32 Å². The molecule has 1 aliphatic rings. The number of carbonyl (C=O) groups excluding carboxylic acids is 1. The minimum Gasteiger partial charge on any atom is -0.520 e. The third kappa shape index (κ3) is 4.76. The predicted molar refractivity (Wildman–Crippen MR) is 90.7 cm³/mol. The molecule has 0 bridgehead atoms. The number of allylic oxidation sites excluding steroid dienone is 1. The van der Waals surface area contributed by atoms with Crippen molar-refractivity contribution >= 4 is 14.3 Å². The van der Waals surface area contributed by atoms with Gasteiger partial charge < -0.3 is 13.9 Å². The first-order valence-electron chi connectivity index (χ1n) is 8.04. The van der Waals surface area contributed by atoms with Crippen molar-refractivity contribution < 1.29 is 18.7 Å². The van der Waals surface area contributed by atoms with Gasteiger partial charge in [-0.05, 0) is 37.4 Å². The quantitative estimate of drug-likeness (QED) is 0.413. The molecule has 1 aliphatic heterocycles. The molecule has 0 aromatic rings. The first-order chi connectivity index (χ1) is 9.86. The fourth-order valence-electron chi connectivity index (χ4n) is 2.59. The topological polar surface area (TPSA) is 44.8 Å². The van der Waals surface area contributed by atoms with Crippen molar-refractivity contribution in [2.75, 3.05) is 7.11 Å². The molecule has 0 radical (unpaired) electrons. The summed E-state index contributed by atoms with van der Waals surface area (Å²) < 4.78 is 17.0. The van der Waals surface area contributed by atoms with Gasteiger partial charge in [0, 0.05) is 5.57 Å². The van der Waals surface area contributed by atoms with Gasteiger partial charge in [-0.2, -0.15) is 0 Å². The first-order valence-corrected chi connectivity index (χ1v) is 11.4. The normalized spacial score (nSPS) is 23.6. The Morgan fingerprint density at radius 3 is 2.14 bits per heavy atom. The van der Waals surface area contributed by atoms with Crippen LogP contribution in [0, 0.1) is 17.3 Å². The van der Waals surface area contributed by atoms with E-state index in [1.54, 1.807) is 7.11 Å². The number of ether oxygens (including phenoxy) is 2. The summed E-state index contributed by atoms with van der Waals surface area (Å²) >= 11 is 0. The zero-order valence-corrected chi connectivity index (χ0v) is 16.6. The van der Waals surface area contributed by atoms with Gasteiger partial charge in [-0.3, -0.25) is 4.79 Å². The maximum atomic E-state index is 11.9. The third-order valence-corrected chi connectivity index (χ3v) is 4.57. The lowest BCUT2D eigenvalue weighted by Crippen LogP contribution is -2.48. The zero-order valence-electron chi connectivity index (χ0n) is 15.6. The van der Waals surface area contributed by atoms with Crippen LogP contribution in [0.25, 0.3) is 0 Å². The van der Waals surface area contributed by atoms with Crippen molar-refractivity contribution in [3.05, 3.63) is 11.5 Å². The van der Waals surface area contributed by atoms with Crippen molar-refractivity contribution in [2.24, 2.45) is 17.3 Å². The Bertz CT molecular complexity index is 441. The Labute approximate surface area is 136 Å². The first kappa shape index (κ1) is 19.1. The zero-order chi connectivity index (χ0) is 17.3. The molecule has 2 atom stereocenters. The van der Waals surface area contributed by atoms with E-state index in [0.29, 0.717) is 18.3 Å². The Morgan fingerprint density at radius 1 is 1.27 bits per heavy atom. The Balaban J connectivity index is 3.10. The minimum absolute atomic E-state index is 0.00478. The lowest BCUT2D eigenvalue weighted by Gasteiger charge is -2.40. The van der Waals surface area contributed by atoms with E-state index in [-0.39, 0.29) is 23.4 Å². The number of esters is 1. The molecular weight excluding hydrogens is 296 g/mol. The van der Waals surface area contributed by atoms with E-state index in [9.17, 15) is 4.79 Å². The number of hydrogen-bond donors (Lipinski definition) is 0. The van der Waals surface area contributed by atoms with Crippen LogP contribution >= 0.6 is 0 Å². The lowest BCUT2D eigenvalue weighted by atomic mass is 9.76. The summed E-state index contributed by atoms with van der Waals surface area (Å²) in [7, 11) is -0.142. The van der Waals surface area contributed by atoms with Gasteiger partial charge in [0.15, 0.2) is 0 Å². The van der Waals surface area contributed by atoms with Crippen LogP contribution in [0.1, 0.15) is 41.0 Å². The summed E-state index contributed by atoms with van der Waals surface area (Å²) in [6.45, 7) is 16.9. The molecule has 22 heavy (non-hydrogen) atoms. The summed E-state index contributed by atoms with van der Waals surface area (Å²) in [6, 6.07) is 0. The minimum atomic E-state index is -1.78. The second-order valence-electron chi connectivity index (χ2n) is 8.39. The largest absolute Gasteiger partial charge is 0.520 e. The van der Waals surface area contributed by atoms with Gasteiger partial charge >= 0.3 is 5.97 Å². The van der Waals surface area contributed by atoms with Crippen molar-refractivity contribution in [1.82, 2.24) is 0 Å². The number of cyclic esters (lactones) is 1. The van der Waals surface area contributed by atoms with Crippen molar-refractivity contribution in [3.63, 3.8) is 0 Å². The van der Waals surface area contributed by atoms with Gasteiger partial charge in [-0.1, -0.05) is 34.6 Å². The van der Waals surface area contributed by atoms with E-state index in [2.05, 4.69) is 54.3 Å². The Morgan fingerprint density at radius 2 is 1.82 bits per heavy atom. The molecule has 128 valence electrons. The number of carbonyl (C=O) groups is 1. The molecule has 1 fully saturated rings. The van der Waals surface area contributed by atoms with E-state index in [4.69, 9.17) is 13.9 Å². The number of methoxy groups -OCH3 is 1. The highest BCUT2D eigenvalue weighted by molar-refractivity contribution is 6.70. The Hall–Kier alpha value is -0.973. The van der Waals surface area contributed by atoms with Gasteiger partial charge in [0.05, 0.1) is 13.0 Å². The van der Waals surface area contributed by atoms with Crippen molar-refractivity contribution in [2.45, 2.75) is 66.8 Å². The van der Waals surface area contributed by atoms with E-state index in [0.717, 1.165) is 5.57 Å². The number of rotatable bonds is 6. The van der Waals surface area contributed by atoms with Gasteiger partial charge in [0.1, 0.15) is 6.10 Å². The molecule has 4 nitrogen and oxygen atoms in total.